The van der Waals surface area contributed by atoms with Gasteiger partial charge in [-0.2, -0.15) is 0 Å². The van der Waals surface area contributed by atoms with E-state index in [9.17, 15) is 10.2 Å². The SMILES string of the molecule is [CH2][C@H]1O[C@@H](c2nc3ccc(Cl)cc3s2)[C@H](O)[C@@H]1O. The van der Waals surface area contributed by atoms with Crippen molar-refractivity contribution in [3.63, 3.8) is 0 Å². The molecule has 1 fully saturated rings. The van der Waals surface area contributed by atoms with Crippen molar-refractivity contribution in [1.82, 2.24) is 4.98 Å². The minimum Gasteiger partial charge on any atom is -0.388 e. The van der Waals surface area contributed by atoms with Crippen LogP contribution in [0.4, 0.5) is 0 Å². The summed E-state index contributed by atoms with van der Waals surface area (Å²) in [6.07, 6.45) is -3.24. The first-order valence-corrected chi connectivity index (χ1v) is 6.66. The predicted octanol–water partition coefficient (Wildman–Crippen LogP) is 1.95. The number of aromatic nitrogens is 1. The normalized spacial score (nSPS) is 32.2. The van der Waals surface area contributed by atoms with Gasteiger partial charge in [0.05, 0.1) is 16.3 Å². The standard InChI is InChI=1S/C12H11ClNO3S/c1-5-9(15)10(16)11(17-5)12-14-7-3-2-6(13)4-8(7)18-12/h2-5,9-11,15-16H,1H2/t5-,9-,10-,11-/m1/s1. The molecule has 95 valence electrons. The number of nitrogens with zero attached hydrogens (tertiary/aromatic N) is 1. The Labute approximate surface area is 113 Å². The summed E-state index contributed by atoms with van der Waals surface area (Å²) in [5.41, 5.74) is 0.803. The summed E-state index contributed by atoms with van der Waals surface area (Å²) < 4.78 is 6.36. The third kappa shape index (κ3) is 1.92. The fourth-order valence-corrected chi connectivity index (χ4v) is 3.31. The molecule has 2 aromatic rings. The Hall–Kier alpha value is -0.720. The Morgan fingerprint density at radius 3 is 2.78 bits per heavy atom. The first-order valence-electron chi connectivity index (χ1n) is 5.47. The van der Waals surface area contributed by atoms with E-state index >= 15 is 0 Å². The summed E-state index contributed by atoms with van der Waals surface area (Å²) >= 11 is 7.31. The lowest BCUT2D eigenvalue weighted by atomic mass is 10.1. The number of aliphatic hydroxyl groups excluding tert-OH is 2. The molecule has 18 heavy (non-hydrogen) atoms. The van der Waals surface area contributed by atoms with Crippen molar-refractivity contribution >= 4 is 33.2 Å². The van der Waals surface area contributed by atoms with Gasteiger partial charge in [-0.3, -0.25) is 0 Å². The van der Waals surface area contributed by atoms with Crippen molar-refractivity contribution in [2.24, 2.45) is 0 Å². The molecule has 0 amide bonds. The number of ether oxygens (including phenoxy) is 1. The molecule has 6 heteroatoms. The van der Waals surface area contributed by atoms with E-state index in [4.69, 9.17) is 16.3 Å². The highest BCUT2D eigenvalue weighted by atomic mass is 35.5. The highest BCUT2D eigenvalue weighted by molar-refractivity contribution is 7.18. The fourth-order valence-electron chi connectivity index (χ4n) is 1.99. The highest BCUT2D eigenvalue weighted by Gasteiger charge is 2.42. The molecular weight excluding hydrogens is 274 g/mol. The molecule has 3 rings (SSSR count). The maximum absolute atomic E-state index is 9.89. The van der Waals surface area contributed by atoms with Gasteiger partial charge in [0.1, 0.15) is 23.3 Å². The Morgan fingerprint density at radius 2 is 2.11 bits per heavy atom. The Bertz CT molecular complexity index is 588. The van der Waals surface area contributed by atoms with Crippen LogP contribution < -0.4 is 0 Å². The Balaban J connectivity index is 2.00. The van der Waals surface area contributed by atoms with Gasteiger partial charge in [0.15, 0.2) is 0 Å². The van der Waals surface area contributed by atoms with E-state index in [0.717, 1.165) is 10.2 Å². The molecule has 0 spiro atoms. The van der Waals surface area contributed by atoms with E-state index in [1.165, 1.54) is 11.3 Å². The highest BCUT2D eigenvalue weighted by Crippen LogP contribution is 2.37. The van der Waals surface area contributed by atoms with Gasteiger partial charge in [-0.15, -0.1) is 11.3 Å². The molecule has 4 nitrogen and oxygen atoms in total. The van der Waals surface area contributed by atoms with Crippen molar-refractivity contribution < 1.29 is 14.9 Å². The average molecular weight is 285 g/mol. The molecule has 1 radical (unpaired) electrons. The Kier molecular flexibility index (Phi) is 3.03. The monoisotopic (exact) mass is 284 g/mol. The zero-order valence-electron chi connectivity index (χ0n) is 9.28. The lowest BCUT2D eigenvalue weighted by Crippen LogP contribution is -2.28. The van der Waals surface area contributed by atoms with Gasteiger partial charge in [0.2, 0.25) is 0 Å². The van der Waals surface area contributed by atoms with E-state index in [2.05, 4.69) is 11.9 Å². The van der Waals surface area contributed by atoms with Crippen LogP contribution in [0.2, 0.25) is 5.02 Å². The number of rotatable bonds is 1. The first kappa shape index (κ1) is 12.3. The van der Waals surface area contributed by atoms with E-state index in [1.54, 1.807) is 6.07 Å². The molecular formula is C12H11ClNO3S. The summed E-state index contributed by atoms with van der Waals surface area (Å²) in [6.45, 7) is 3.64. The zero-order valence-corrected chi connectivity index (χ0v) is 10.9. The molecule has 2 N–H and O–H groups in total. The number of benzene rings is 1. The number of hydrogen-bond donors (Lipinski definition) is 2. The van der Waals surface area contributed by atoms with Crippen LogP contribution in [0.15, 0.2) is 18.2 Å². The van der Waals surface area contributed by atoms with Crippen LogP contribution in [0.1, 0.15) is 11.1 Å². The smallest absolute Gasteiger partial charge is 0.138 e. The van der Waals surface area contributed by atoms with E-state index in [0.29, 0.717) is 10.0 Å². The van der Waals surface area contributed by atoms with E-state index in [-0.39, 0.29) is 0 Å². The van der Waals surface area contributed by atoms with Gasteiger partial charge in [0.25, 0.3) is 0 Å². The molecule has 1 aliphatic rings. The van der Waals surface area contributed by atoms with E-state index in [1.807, 2.05) is 12.1 Å². The van der Waals surface area contributed by atoms with Crippen molar-refractivity contribution in [1.29, 1.82) is 0 Å². The minimum atomic E-state index is -0.997. The topological polar surface area (TPSA) is 62.6 Å². The van der Waals surface area contributed by atoms with Crippen LogP contribution in [0.5, 0.6) is 0 Å². The van der Waals surface area contributed by atoms with Crippen LogP contribution in [0.3, 0.4) is 0 Å². The minimum absolute atomic E-state index is 0.626. The number of halogens is 1. The number of aliphatic hydroxyl groups is 2. The van der Waals surface area contributed by atoms with Crippen molar-refractivity contribution in [2.75, 3.05) is 0 Å². The molecule has 1 aliphatic heterocycles. The first-order chi connectivity index (χ1) is 8.56. The lowest BCUT2D eigenvalue weighted by Gasteiger charge is -2.11. The molecule has 2 heterocycles. The fraction of sp³-hybridized carbons (Fsp3) is 0.333. The van der Waals surface area contributed by atoms with Crippen LogP contribution in [0, 0.1) is 6.92 Å². The van der Waals surface area contributed by atoms with Gasteiger partial charge >= 0.3 is 0 Å². The van der Waals surface area contributed by atoms with Crippen LogP contribution in [-0.2, 0) is 4.74 Å². The van der Waals surface area contributed by atoms with Crippen LogP contribution in [0.25, 0.3) is 10.2 Å². The molecule has 1 aromatic carbocycles. The summed E-state index contributed by atoms with van der Waals surface area (Å²) in [4.78, 5) is 4.39. The molecule has 1 aromatic heterocycles. The van der Waals surface area contributed by atoms with Crippen molar-refractivity contribution in [2.45, 2.75) is 24.4 Å². The summed E-state index contributed by atoms with van der Waals surface area (Å²) in [6, 6.07) is 5.40. The summed E-state index contributed by atoms with van der Waals surface area (Å²) in [5, 5.41) is 20.8. The number of thiazole rings is 1. The molecule has 0 aliphatic carbocycles. The third-order valence-corrected chi connectivity index (χ3v) is 4.29. The second kappa shape index (κ2) is 4.43. The maximum atomic E-state index is 9.89. The lowest BCUT2D eigenvalue weighted by molar-refractivity contribution is 0.0199. The predicted molar refractivity (Wildman–Crippen MR) is 69.6 cm³/mol. The number of hydrogen-bond acceptors (Lipinski definition) is 5. The van der Waals surface area contributed by atoms with Crippen molar-refractivity contribution in [3.8, 4) is 0 Å². The van der Waals surface area contributed by atoms with Gasteiger partial charge in [-0.05, 0) is 25.1 Å². The second-order valence-electron chi connectivity index (χ2n) is 4.24. The summed E-state index contributed by atoms with van der Waals surface area (Å²) in [5.74, 6) is 0. The largest absolute Gasteiger partial charge is 0.388 e. The molecule has 0 bridgehead atoms. The van der Waals surface area contributed by atoms with Gasteiger partial charge in [-0.1, -0.05) is 11.6 Å². The van der Waals surface area contributed by atoms with Gasteiger partial charge < -0.3 is 14.9 Å². The summed E-state index contributed by atoms with van der Waals surface area (Å²) in [7, 11) is 0. The molecule has 1 saturated heterocycles. The van der Waals surface area contributed by atoms with Crippen molar-refractivity contribution in [3.05, 3.63) is 35.2 Å². The zero-order chi connectivity index (χ0) is 12.9. The van der Waals surface area contributed by atoms with E-state index < -0.39 is 24.4 Å². The molecule has 0 unspecified atom stereocenters. The molecule has 0 saturated carbocycles. The van der Waals surface area contributed by atoms with Crippen LogP contribution >= 0.6 is 22.9 Å². The maximum Gasteiger partial charge on any atom is 0.138 e. The Morgan fingerprint density at radius 1 is 1.33 bits per heavy atom. The second-order valence-corrected chi connectivity index (χ2v) is 5.74. The number of fused-ring (bicyclic) bond motifs is 1. The average Bonchev–Trinajstić information content (AvgIpc) is 2.85. The van der Waals surface area contributed by atoms with Gasteiger partial charge in [-0.25, -0.2) is 4.98 Å². The quantitative estimate of drug-likeness (QED) is 0.840. The van der Waals surface area contributed by atoms with Gasteiger partial charge in [0, 0.05) is 5.02 Å². The van der Waals surface area contributed by atoms with Crippen LogP contribution in [-0.4, -0.2) is 33.5 Å². The molecule has 4 atom stereocenters. The third-order valence-electron chi connectivity index (χ3n) is 2.97.